The summed E-state index contributed by atoms with van der Waals surface area (Å²) in [7, 11) is 0. The second-order valence-corrected chi connectivity index (χ2v) is 6.77. The monoisotopic (exact) mass is 356 g/mol. The Hall–Kier alpha value is -2.74. The van der Waals surface area contributed by atoms with Gasteiger partial charge in [0.25, 0.3) is 0 Å². The molecule has 1 aliphatic rings. The van der Waals surface area contributed by atoms with Crippen LogP contribution in [-0.4, -0.2) is 56.8 Å². The minimum Gasteiger partial charge on any atom is -0.507 e. The summed E-state index contributed by atoms with van der Waals surface area (Å²) in [5.41, 5.74) is 8.12. The van der Waals surface area contributed by atoms with E-state index in [2.05, 4.69) is 20.5 Å². The molecule has 4 N–H and O–H groups in total. The highest BCUT2D eigenvalue weighted by molar-refractivity contribution is 5.76. The number of amides is 1. The van der Waals surface area contributed by atoms with Gasteiger partial charge >= 0.3 is 0 Å². The third-order valence-corrected chi connectivity index (χ3v) is 4.49. The van der Waals surface area contributed by atoms with E-state index in [0.29, 0.717) is 29.4 Å². The van der Waals surface area contributed by atoms with E-state index in [1.165, 1.54) is 0 Å². The number of likely N-dealkylation sites (tertiary alicyclic amines) is 1. The average Bonchev–Trinajstić information content (AvgIpc) is 2.56. The van der Waals surface area contributed by atoms with E-state index in [1.54, 1.807) is 6.07 Å². The largest absolute Gasteiger partial charge is 0.507 e. The fourth-order valence-corrected chi connectivity index (χ4v) is 3.28. The molecule has 1 fully saturated rings. The van der Waals surface area contributed by atoms with Gasteiger partial charge in [-0.2, -0.15) is 0 Å². The van der Waals surface area contributed by atoms with Crippen LogP contribution in [0.1, 0.15) is 24.1 Å². The molecular weight excluding hydrogens is 332 g/mol. The number of carbonyl (C=O) groups excluding carboxylic acids is 1. The normalized spacial score (nSPS) is 17.8. The van der Waals surface area contributed by atoms with Crippen LogP contribution in [0.25, 0.3) is 11.3 Å². The first-order valence-electron chi connectivity index (χ1n) is 8.71. The van der Waals surface area contributed by atoms with Crippen molar-refractivity contribution in [3.8, 4) is 17.0 Å². The summed E-state index contributed by atoms with van der Waals surface area (Å²) in [6.07, 6.45) is 1.95. The summed E-state index contributed by atoms with van der Waals surface area (Å²) in [6.45, 7) is 5.60. The van der Waals surface area contributed by atoms with E-state index in [1.807, 2.05) is 30.9 Å². The van der Waals surface area contributed by atoms with Gasteiger partial charge < -0.3 is 16.2 Å². The van der Waals surface area contributed by atoms with Gasteiger partial charge in [-0.3, -0.25) is 9.69 Å². The molecule has 2 aromatic rings. The number of carbonyl (C=O) groups is 1. The Morgan fingerprint density at radius 3 is 2.88 bits per heavy atom. The molecule has 2 heterocycles. The third-order valence-electron chi connectivity index (χ3n) is 4.49. The van der Waals surface area contributed by atoms with Crippen molar-refractivity contribution in [3.05, 3.63) is 29.5 Å². The first-order valence-corrected chi connectivity index (χ1v) is 8.71. The number of aryl methyl sites for hydroxylation is 2. The molecule has 1 aromatic carbocycles. The zero-order valence-corrected chi connectivity index (χ0v) is 15.1. The van der Waals surface area contributed by atoms with Gasteiger partial charge in [-0.05, 0) is 50.9 Å². The SMILES string of the molecule is Cc1ccc(-c2nnc(NC3CCCN(CC(N)=O)C3)nc2C)c(O)c1. The molecule has 0 saturated carbocycles. The second-order valence-electron chi connectivity index (χ2n) is 6.77. The number of aromatic nitrogens is 3. The van der Waals surface area contributed by atoms with Crippen LogP contribution in [0.3, 0.4) is 0 Å². The Balaban J connectivity index is 1.72. The molecule has 1 aromatic heterocycles. The number of benzene rings is 1. The minimum absolute atomic E-state index is 0.142. The van der Waals surface area contributed by atoms with Gasteiger partial charge in [0.2, 0.25) is 11.9 Å². The van der Waals surface area contributed by atoms with Gasteiger partial charge in [-0.15, -0.1) is 10.2 Å². The van der Waals surface area contributed by atoms with Crippen molar-refractivity contribution in [3.63, 3.8) is 0 Å². The third kappa shape index (κ3) is 4.26. The van der Waals surface area contributed by atoms with Crippen LogP contribution in [0.15, 0.2) is 18.2 Å². The van der Waals surface area contributed by atoms with E-state index in [0.717, 1.165) is 24.9 Å². The second kappa shape index (κ2) is 7.65. The lowest BCUT2D eigenvalue weighted by Gasteiger charge is -2.32. The van der Waals surface area contributed by atoms with Crippen molar-refractivity contribution in [2.45, 2.75) is 32.7 Å². The quantitative estimate of drug-likeness (QED) is 0.737. The van der Waals surface area contributed by atoms with Crippen molar-refractivity contribution in [1.29, 1.82) is 0 Å². The minimum atomic E-state index is -0.318. The van der Waals surface area contributed by atoms with Crippen LogP contribution in [0, 0.1) is 13.8 Å². The van der Waals surface area contributed by atoms with Crippen LogP contribution < -0.4 is 11.1 Å². The van der Waals surface area contributed by atoms with Crippen LogP contribution >= 0.6 is 0 Å². The molecule has 3 rings (SSSR count). The Morgan fingerprint density at radius 2 is 2.19 bits per heavy atom. The maximum absolute atomic E-state index is 11.1. The zero-order valence-electron chi connectivity index (χ0n) is 15.1. The van der Waals surface area contributed by atoms with Crippen molar-refractivity contribution in [1.82, 2.24) is 20.1 Å². The Kier molecular flexibility index (Phi) is 5.32. The van der Waals surface area contributed by atoms with Crippen LogP contribution in [0.2, 0.25) is 0 Å². The topological polar surface area (TPSA) is 117 Å². The molecule has 1 atom stereocenters. The van der Waals surface area contributed by atoms with Gasteiger partial charge in [0.15, 0.2) is 0 Å². The Morgan fingerprint density at radius 1 is 1.38 bits per heavy atom. The molecule has 1 aliphatic heterocycles. The van der Waals surface area contributed by atoms with E-state index < -0.39 is 0 Å². The van der Waals surface area contributed by atoms with Gasteiger partial charge in [-0.25, -0.2) is 4.98 Å². The number of anilines is 1. The van der Waals surface area contributed by atoms with Gasteiger partial charge in [0, 0.05) is 18.2 Å². The summed E-state index contributed by atoms with van der Waals surface area (Å²) in [5, 5.41) is 21.8. The summed E-state index contributed by atoms with van der Waals surface area (Å²) in [6, 6.07) is 5.57. The lowest BCUT2D eigenvalue weighted by molar-refractivity contribution is -0.119. The van der Waals surface area contributed by atoms with Gasteiger partial charge in [0.05, 0.1) is 12.2 Å². The Bertz CT molecular complexity index is 810. The van der Waals surface area contributed by atoms with E-state index in [4.69, 9.17) is 5.73 Å². The van der Waals surface area contributed by atoms with Gasteiger partial charge in [-0.1, -0.05) is 6.07 Å². The van der Waals surface area contributed by atoms with Crippen LogP contribution in [0.5, 0.6) is 5.75 Å². The van der Waals surface area contributed by atoms with Crippen molar-refractivity contribution in [2.75, 3.05) is 25.0 Å². The number of primary amides is 1. The molecule has 1 unspecified atom stereocenters. The number of aromatic hydroxyl groups is 1. The number of phenolic OH excluding ortho intramolecular Hbond substituents is 1. The highest BCUT2D eigenvalue weighted by Gasteiger charge is 2.22. The molecule has 0 bridgehead atoms. The van der Waals surface area contributed by atoms with Crippen molar-refractivity contribution in [2.24, 2.45) is 5.73 Å². The van der Waals surface area contributed by atoms with Crippen molar-refractivity contribution >= 4 is 11.9 Å². The van der Waals surface area contributed by atoms with E-state index in [-0.39, 0.29) is 24.2 Å². The molecule has 138 valence electrons. The summed E-state index contributed by atoms with van der Waals surface area (Å²) in [5.74, 6) is 0.296. The fourth-order valence-electron chi connectivity index (χ4n) is 3.28. The van der Waals surface area contributed by atoms with Crippen LogP contribution in [0.4, 0.5) is 5.95 Å². The first kappa shape index (κ1) is 18.1. The molecule has 26 heavy (non-hydrogen) atoms. The number of nitrogens with zero attached hydrogens (tertiary/aromatic N) is 4. The maximum atomic E-state index is 11.1. The predicted molar refractivity (Wildman–Crippen MR) is 98.7 cm³/mol. The number of nitrogens with two attached hydrogens (primary N) is 1. The highest BCUT2D eigenvalue weighted by atomic mass is 16.3. The molecule has 8 nitrogen and oxygen atoms in total. The lowest BCUT2D eigenvalue weighted by Crippen LogP contribution is -2.45. The summed E-state index contributed by atoms with van der Waals surface area (Å²) >= 11 is 0. The molecular formula is C18H24N6O2. The smallest absolute Gasteiger partial charge is 0.243 e. The van der Waals surface area contributed by atoms with E-state index in [9.17, 15) is 9.90 Å². The standard InChI is InChI=1S/C18H24N6O2/c1-11-5-6-14(15(25)8-11)17-12(2)20-18(23-22-17)21-13-4-3-7-24(9-13)10-16(19)26/h5-6,8,13,25H,3-4,7,9-10H2,1-2H3,(H2,19,26)(H,20,21,23). The number of nitrogens with one attached hydrogen (secondary N) is 1. The summed E-state index contributed by atoms with van der Waals surface area (Å²) in [4.78, 5) is 17.6. The summed E-state index contributed by atoms with van der Waals surface area (Å²) < 4.78 is 0. The molecule has 1 amide bonds. The van der Waals surface area contributed by atoms with Crippen molar-refractivity contribution < 1.29 is 9.90 Å². The number of phenols is 1. The predicted octanol–water partition coefficient (Wildman–Crippen LogP) is 1.22. The molecule has 8 heteroatoms. The van der Waals surface area contributed by atoms with E-state index >= 15 is 0 Å². The molecule has 1 saturated heterocycles. The number of rotatable bonds is 5. The average molecular weight is 356 g/mol. The fraction of sp³-hybridized carbons (Fsp3) is 0.444. The zero-order chi connectivity index (χ0) is 18.7. The van der Waals surface area contributed by atoms with Crippen LogP contribution in [-0.2, 0) is 4.79 Å². The molecule has 0 radical (unpaired) electrons. The highest BCUT2D eigenvalue weighted by Crippen LogP contribution is 2.30. The molecule has 0 spiro atoms. The first-order chi connectivity index (χ1) is 12.4. The Labute approximate surface area is 152 Å². The molecule has 0 aliphatic carbocycles. The number of hydrogen-bond acceptors (Lipinski definition) is 7. The number of piperidine rings is 1. The lowest BCUT2D eigenvalue weighted by atomic mass is 10.1. The number of hydrogen-bond donors (Lipinski definition) is 3. The van der Waals surface area contributed by atoms with Gasteiger partial charge in [0.1, 0.15) is 11.4 Å². The maximum Gasteiger partial charge on any atom is 0.243 e.